The van der Waals surface area contributed by atoms with Crippen molar-refractivity contribution in [1.82, 2.24) is 9.97 Å². The van der Waals surface area contributed by atoms with Gasteiger partial charge >= 0.3 is 0 Å². The van der Waals surface area contributed by atoms with Gasteiger partial charge in [0.25, 0.3) is 0 Å². The lowest BCUT2D eigenvalue weighted by Crippen LogP contribution is -2.30. The Labute approximate surface area is 101 Å². The van der Waals surface area contributed by atoms with E-state index in [0.717, 1.165) is 12.2 Å². The van der Waals surface area contributed by atoms with Gasteiger partial charge in [-0.3, -0.25) is 0 Å². The second kappa shape index (κ2) is 5.36. The number of thioether (sulfide) groups is 1. The first-order chi connectivity index (χ1) is 7.50. The zero-order valence-electron chi connectivity index (χ0n) is 10.2. The van der Waals surface area contributed by atoms with Crippen molar-refractivity contribution in [1.29, 1.82) is 0 Å². The molecule has 6 heteroatoms. The van der Waals surface area contributed by atoms with E-state index in [2.05, 4.69) is 41.5 Å². The summed E-state index contributed by atoms with van der Waals surface area (Å²) in [5, 5.41) is 4.06. The van der Waals surface area contributed by atoms with Crippen molar-refractivity contribution >= 4 is 23.4 Å². The van der Waals surface area contributed by atoms with Gasteiger partial charge in [0.05, 0.1) is 0 Å². The predicted octanol–water partition coefficient (Wildman–Crippen LogP) is 2.08. The first-order valence-corrected chi connectivity index (χ1v) is 6.41. The predicted molar refractivity (Wildman–Crippen MR) is 69.6 cm³/mol. The number of hydrazine groups is 1. The minimum Gasteiger partial charge on any atom is -0.365 e. The highest BCUT2D eigenvalue weighted by Crippen LogP contribution is 2.21. The monoisotopic (exact) mass is 241 g/mol. The Morgan fingerprint density at radius 2 is 2.00 bits per heavy atom. The molecule has 1 rings (SSSR count). The summed E-state index contributed by atoms with van der Waals surface area (Å²) in [5.74, 6) is 6.77. The zero-order chi connectivity index (χ0) is 12.2. The number of hydrogen-bond donors (Lipinski definition) is 3. The van der Waals surface area contributed by atoms with Gasteiger partial charge in [0.2, 0.25) is 0 Å². The maximum Gasteiger partial charge on any atom is 0.191 e. The van der Waals surface area contributed by atoms with Crippen molar-refractivity contribution in [3.8, 4) is 0 Å². The molecule has 16 heavy (non-hydrogen) atoms. The summed E-state index contributed by atoms with van der Waals surface area (Å²) in [6, 6.07) is 1.80. The molecule has 0 fully saturated rings. The van der Waals surface area contributed by atoms with E-state index in [-0.39, 0.29) is 5.54 Å². The number of nitrogen functional groups attached to an aromatic ring is 1. The summed E-state index contributed by atoms with van der Waals surface area (Å²) in [7, 11) is 0. The quantitative estimate of drug-likeness (QED) is 0.317. The molecule has 1 aromatic heterocycles. The van der Waals surface area contributed by atoms with Crippen molar-refractivity contribution < 1.29 is 0 Å². The Kier molecular flexibility index (Phi) is 4.37. The Balaban J connectivity index is 2.95. The third-order valence-electron chi connectivity index (χ3n) is 2.39. The Morgan fingerprint density at radius 3 is 2.50 bits per heavy atom. The maximum atomic E-state index is 5.36. The Hall–Kier alpha value is -1.01. The maximum absolute atomic E-state index is 5.36. The number of hydrogen-bond acceptors (Lipinski definition) is 6. The molecule has 0 bridgehead atoms. The third kappa shape index (κ3) is 3.53. The van der Waals surface area contributed by atoms with Gasteiger partial charge in [0.15, 0.2) is 5.16 Å². The van der Waals surface area contributed by atoms with Gasteiger partial charge in [-0.2, -0.15) is 0 Å². The van der Waals surface area contributed by atoms with Gasteiger partial charge in [-0.25, -0.2) is 15.8 Å². The van der Waals surface area contributed by atoms with Crippen LogP contribution in [0.4, 0.5) is 11.6 Å². The van der Waals surface area contributed by atoms with E-state index in [0.29, 0.717) is 11.0 Å². The van der Waals surface area contributed by atoms with E-state index in [1.165, 1.54) is 11.8 Å². The van der Waals surface area contributed by atoms with E-state index in [4.69, 9.17) is 5.84 Å². The fourth-order valence-electron chi connectivity index (χ4n) is 1.09. The fraction of sp³-hybridized carbons (Fsp3) is 0.600. The summed E-state index contributed by atoms with van der Waals surface area (Å²) in [6.07, 6.45) is 2.95. The number of aromatic nitrogens is 2. The highest BCUT2D eigenvalue weighted by Gasteiger charge is 2.15. The standard InChI is InChI=1S/C10H19N5S/c1-5-10(2,3)14-7-6-8(15-11)13-9(12-7)16-4/h6H,5,11H2,1-4H3,(H2,12,13,14,15). The summed E-state index contributed by atoms with van der Waals surface area (Å²) in [4.78, 5) is 8.58. The van der Waals surface area contributed by atoms with Gasteiger partial charge < -0.3 is 10.7 Å². The van der Waals surface area contributed by atoms with Crippen LogP contribution in [-0.2, 0) is 0 Å². The normalized spacial score (nSPS) is 11.3. The Bertz CT molecular complexity index is 331. The van der Waals surface area contributed by atoms with E-state index >= 15 is 0 Å². The SMILES string of the molecule is CCC(C)(C)Nc1cc(NN)nc(SC)n1. The van der Waals surface area contributed by atoms with Gasteiger partial charge in [-0.05, 0) is 26.5 Å². The van der Waals surface area contributed by atoms with Crippen molar-refractivity contribution in [2.75, 3.05) is 17.0 Å². The zero-order valence-corrected chi connectivity index (χ0v) is 11.0. The molecule has 0 amide bonds. The van der Waals surface area contributed by atoms with Gasteiger partial charge in [0.1, 0.15) is 11.6 Å². The third-order valence-corrected chi connectivity index (χ3v) is 2.93. The van der Waals surface area contributed by atoms with Crippen molar-refractivity contribution in [2.45, 2.75) is 37.9 Å². The highest BCUT2D eigenvalue weighted by atomic mass is 32.2. The number of nitrogens with one attached hydrogen (secondary N) is 2. The van der Waals surface area contributed by atoms with Gasteiger partial charge in [-0.15, -0.1) is 0 Å². The molecule has 0 atom stereocenters. The van der Waals surface area contributed by atoms with Crippen LogP contribution in [0.1, 0.15) is 27.2 Å². The molecule has 0 aromatic carbocycles. The van der Waals surface area contributed by atoms with Crippen LogP contribution in [0.5, 0.6) is 0 Å². The lowest BCUT2D eigenvalue weighted by Gasteiger charge is -2.25. The number of nitrogens with zero attached hydrogens (tertiary/aromatic N) is 2. The van der Waals surface area contributed by atoms with E-state index in [1.54, 1.807) is 6.07 Å². The molecule has 4 N–H and O–H groups in total. The second-order valence-electron chi connectivity index (χ2n) is 4.13. The summed E-state index contributed by atoms with van der Waals surface area (Å²) < 4.78 is 0. The lowest BCUT2D eigenvalue weighted by atomic mass is 10.0. The van der Waals surface area contributed by atoms with Crippen LogP contribution in [0.3, 0.4) is 0 Å². The van der Waals surface area contributed by atoms with Crippen molar-refractivity contribution in [3.63, 3.8) is 0 Å². The van der Waals surface area contributed by atoms with Crippen molar-refractivity contribution in [3.05, 3.63) is 6.07 Å². The molecule has 0 radical (unpaired) electrons. The van der Waals surface area contributed by atoms with E-state index < -0.39 is 0 Å². The van der Waals surface area contributed by atoms with E-state index in [1.807, 2.05) is 6.26 Å². The summed E-state index contributed by atoms with van der Waals surface area (Å²) in [5.41, 5.74) is 2.55. The highest BCUT2D eigenvalue weighted by molar-refractivity contribution is 7.98. The molecule has 0 saturated heterocycles. The van der Waals surface area contributed by atoms with Gasteiger partial charge in [0, 0.05) is 11.6 Å². The molecule has 1 aromatic rings. The van der Waals surface area contributed by atoms with Crippen LogP contribution in [0.25, 0.3) is 0 Å². The molecular formula is C10H19N5S. The molecule has 0 aliphatic rings. The van der Waals surface area contributed by atoms with Crippen LogP contribution in [-0.4, -0.2) is 21.8 Å². The average Bonchev–Trinajstić information content (AvgIpc) is 2.28. The molecule has 0 aliphatic heterocycles. The smallest absolute Gasteiger partial charge is 0.191 e. The number of rotatable bonds is 5. The second-order valence-corrected chi connectivity index (χ2v) is 4.91. The first kappa shape index (κ1) is 13.1. The fourth-order valence-corrected chi connectivity index (χ4v) is 1.47. The minimum atomic E-state index is 0.00982. The molecule has 0 spiro atoms. The molecule has 90 valence electrons. The summed E-state index contributed by atoms with van der Waals surface area (Å²) in [6.45, 7) is 6.39. The number of nitrogens with two attached hydrogens (primary N) is 1. The molecule has 0 unspecified atom stereocenters. The molecule has 0 aliphatic carbocycles. The summed E-state index contributed by atoms with van der Waals surface area (Å²) >= 11 is 1.49. The number of anilines is 2. The van der Waals surface area contributed by atoms with Crippen LogP contribution in [0.15, 0.2) is 11.2 Å². The van der Waals surface area contributed by atoms with E-state index in [9.17, 15) is 0 Å². The largest absolute Gasteiger partial charge is 0.365 e. The van der Waals surface area contributed by atoms with Crippen LogP contribution < -0.4 is 16.6 Å². The molecular weight excluding hydrogens is 222 g/mol. The van der Waals surface area contributed by atoms with Crippen LogP contribution in [0.2, 0.25) is 0 Å². The topological polar surface area (TPSA) is 75.9 Å². The molecule has 0 saturated carbocycles. The average molecular weight is 241 g/mol. The molecule has 1 heterocycles. The van der Waals surface area contributed by atoms with Crippen LogP contribution >= 0.6 is 11.8 Å². The minimum absolute atomic E-state index is 0.00982. The Morgan fingerprint density at radius 1 is 1.38 bits per heavy atom. The lowest BCUT2D eigenvalue weighted by molar-refractivity contribution is 0.544. The molecule has 5 nitrogen and oxygen atoms in total. The van der Waals surface area contributed by atoms with Crippen LogP contribution in [0, 0.1) is 0 Å². The van der Waals surface area contributed by atoms with Crippen molar-refractivity contribution in [2.24, 2.45) is 5.84 Å². The first-order valence-electron chi connectivity index (χ1n) is 5.18. The van der Waals surface area contributed by atoms with Gasteiger partial charge in [-0.1, -0.05) is 18.7 Å².